The Morgan fingerprint density at radius 2 is 1.90 bits per heavy atom. The van der Waals surface area contributed by atoms with Crippen molar-refractivity contribution in [3.05, 3.63) is 57.9 Å². The fraction of sp³-hybridized carbons (Fsp3) is 0.469. The van der Waals surface area contributed by atoms with Crippen molar-refractivity contribution in [2.45, 2.75) is 77.5 Å². The first-order valence-electron chi connectivity index (χ1n) is 14.7. The molecule has 3 fully saturated rings. The van der Waals surface area contributed by atoms with Crippen molar-refractivity contribution in [2.24, 2.45) is 11.8 Å². The van der Waals surface area contributed by atoms with E-state index >= 15 is 4.39 Å². The highest BCUT2D eigenvalue weighted by Crippen LogP contribution is 2.44. The molecule has 42 heavy (non-hydrogen) atoms. The van der Waals surface area contributed by atoms with E-state index in [4.69, 9.17) is 5.10 Å². The molecule has 4 aromatic rings. The fourth-order valence-electron chi connectivity index (χ4n) is 7.42. The maximum Gasteiger partial charge on any atom is 0.408 e. The Morgan fingerprint density at radius 1 is 1.14 bits per heavy atom. The molecule has 1 aromatic carbocycles. The first-order chi connectivity index (χ1) is 19.9. The van der Waals surface area contributed by atoms with Crippen molar-refractivity contribution in [1.82, 2.24) is 24.0 Å². The van der Waals surface area contributed by atoms with Gasteiger partial charge in [0.05, 0.1) is 23.3 Å². The predicted octanol–water partition coefficient (Wildman–Crippen LogP) is 6.96. The standard InChI is InChI=1S/C32H35BrFN5O3/c1-17-27(26-12-19-7-9-22(33)13-25(19)36(26)14-18-5-6-18)35-38-16-21(11-23(34)28(17)38)30(40)37-15-20-8-10-24(37)29(20)39(31(41)42)32(2,3)4/h7,9,11-13,16,18,20,24,29H,5-6,8,10,14-15H2,1-4H3,(H,41,42)/t20?,24?,29-/m1/s1. The monoisotopic (exact) mass is 635 g/mol. The average Bonchev–Trinajstić information content (AvgIpc) is 3.25. The van der Waals surface area contributed by atoms with Crippen molar-refractivity contribution < 1.29 is 19.1 Å². The minimum atomic E-state index is -0.975. The molecule has 3 aliphatic rings. The molecule has 2 amide bonds. The van der Waals surface area contributed by atoms with Crippen molar-refractivity contribution in [3.63, 3.8) is 0 Å². The number of carbonyl (C=O) groups excluding carboxylic acids is 1. The minimum absolute atomic E-state index is 0.0647. The molecule has 0 spiro atoms. The zero-order valence-corrected chi connectivity index (χ0v) is 25.9. The lowest BCUT2D eigenvalue weighted by atomic mass is 9.98. The summed E-state index contributed by atoms with van der Waals surface area (Å²) >= 11 is 3.61. The molecule has 2 unspecified atom stereocenters. The summed E-state index contributed by atoms with van der Waals surface area (Å²) in [5.74, 6) is -0.0801. The van der Waals surface area contributed by atoms with E-state index in [1.165, 1.54) is 28.3 Å². The fourth-order valence-corrected chi connectivity index (χ4v) is 7.77. The van der Waals surface area contributed by atoms with E-state index in [1.807, 2.05) is 33.8 Å². The van der Waals surface area contributed by atoms with Gasteiger partial charge in [-0.3, -0.25) is 9.69 Å². The van der Waals surface area contributed by atoms with Crippen LogP contribution in [0.15, 0.2) is 41.0 Å². The number of aromatic nitrogens is 3. The average molecular weight is 637 g/mol. The highest BCUT2D eigenvalue weighted by atomic mass is 79.9. The van der Waals surface area contributed by atoms with Gasteiger partial charge in [-0.2, -0.15) is 5.10 Å². The third-order valence-corrected chi connectivity index (χ3v) is 9.93. The first-order valence-corrected chi connectivity index (χ1v) is 15.5. The quantitative estimate of drug-likeness (QED) is 0.257. The summed E-state index contributed by atoms with van der Waals surface area (Å²) in [5.41, 5.74) is 3.48. The van der Waals surface area contributed by atoms with Crippen LogP contribution in [0.2, 0.25) is 0 Å². The van der Waals surface area contributed by atoms with E-state index < -0.39 is 17.4 Å². The van der Waals surface area contributed by atoms with Crippen LogP contribution in [-0.2, 0) is 6.54 Å². The van der Waals surface area contributed by atoms with Crippen molar-refractivity contribution in [1.29, 1.82) is 0 Å². The van der Waals surface area contributed by atoms with E-state index in [1.54, 1.807) is 11.1 Å². The van der Waals surface area contributed by atoms with Crippen molar-refractivity contribution in [2.75, 3.05) is 6.54 Å². The molecule has 0 radical (unpaired) electrons. The molecule has 10 heteroatoms. The number of hydrogen-bond donors (Lipinski definition) is 1. The van der Waals surface area contributed by atoms with Gasteiger partial charge in [-0.05, 0) is 89.5 Å². The number of likely N-dealkylation sites (tertiary alicyclic amines) is 1. The smallest absolute Gasteiger partial charge is 0.408 e. The Balaban J connectivity index is 1.26. The van der Waals surface area contributed by atoms with Gasteiger partial charge in [-0.25, -0.2) is 13.7 Å². The molecular formula is C32H35BrFN5O3. The van der Waals surface area contributed by atoms with Crippen LogP contribution < -0.4 is 0 Å². The second kappa shape index (κ2) is 9.56. The Labute approximate surface area is 252 Å². The number of nitrogens with zero attached hydrogens (tertiary/aromatic N) is 5. The van der Waals surface area contributed by atoms with Crippen LogP contribution in [0, 0.1) is 24.6 Å². The van der Waals surface area contributed by atoms with E-state index in [2.05, 4.69) is 38.7 Å². The number of pyridine rings is 1. The summed E-state index contributed by atoms with van der Waals surface area (Å²) in [6, 6.07) is 9.15. The lowest BCUT2D eigenvalue weighted by molar-refractivity contribution is 0.0503. The Kier molecular flexibility index (Phi) is 6.24. The number of amides is 2. The lowest BCUT2D eigenvalue weighted by Crippen LogP contribution is -2.55. The van der Waals surface area contributed by atoms with Crippen LogP contribution in [0.25, 0.3) is 27.8 Å². The van der Waals surface area contributed by atoms with Crippen LogP contribution in [0.3, 0.4) is 0 Å². The van der Waals surface area contributed by atoms with Gasteiger partial charge in [0, 0.05) is 45.8 Å². The Hall–Kier alpha value is -3.40. The van der Waals surface area contributed by atoms with Gasteiger partial charge < -0.3 is 14.6 Å². The molecule has 2 bridgehead atoms. The number of piperidine rings is 1. The maximum atomic E-state index is 15.8. The molecule has 3 atom stereocenters. The van der Waals surface area contributed by atoms with Crippen LogP contribution in [0.1, 0.15) is 62.4 Å². The largest absolute Gasteiger partial charge is 0.465 e. The topological polar surface area (TPSA) is 83.1 Å². The number of carboxylic acid groups (broad SMARTS) is 1. The van der Waals surface area contributed by atoms with Gasteiger partial charge in [0.15, 0.2) is 0 Å². The third-order valence-electron chi connectivity index (χ3n) is 9.44. The summed E-state index contributed by atoms with van der Waals surface area (Å²) < 4.78 is 20.6. The van der Waals surface area contributed by atoms with Gasteiger partial charge in [0.2, 0.25) is 0 Å². The number of hydrogen-bond acceptors (Lipinski definition) is 3. The lowest BCUT2D eigenvalue weighted by Gasteiger charge is -2.40. The van der Waals surface area contributed by atoms with Gasteiger partial charge in [-0.15, -0.1) is 0 Å². The van der Waals surface area contributed by atoms with E-state index in [0.29, 0.717) is 23.7 Å². The maximum absolute atomic E-state index is 15.8. The molecule has 4 heterocycles. The molecule has 2 aliphatic carbocycles. The highest BCUT2D eigenvalue weighted by Gasteiger charge is 2.54. The second-order valence-corrected chi connectivity index (χ2v) is 14.2. The highest BCUT2D eigenvalue weighted by molar-refractivity contribution is 9.10. The summed E-state index contributed by atoms with van der Waals surface area (Å²) in [4.78, 5) is 29.4. The molecule has 1 N–H and O–H groups in total. The van der Waals surface area contributed by atoms with Gasteiger partial charge in [-0.1, -0.05) is 22.0 Å². The molecule has 220 valence electrons. The van der Waals surface area contributed by atoms with Crippen molar-refractivity contribution in [3.8, 4) is 11.4 Å². The molecule has 1 saturated heterocycles. The van der Waals surface area contributed by atoms with E-state index in [0.717, 1.165) is 46.0 Å². The van der Waals surface area contributed by atoms with Crippen molar-refractivity contribution >= 4 is 44.3 Å². The third kappa shape index (κ3) is 4.32. The Morgan fingerprint density at radius 3 is 2.60 bits per heavy atom. The minimum Gasteiger partial charge on any atom is -0.465 e. The summed E-state index contributed by atoms with van der Waals surface area (Å²) in [7, 11) is 0. The number of rotatable bonds is 5. The van der Waals surface area contributed by atoms with E-state index in [9.17, 15) is 14.7 Å². The number of aryl methyl sites for hydroxylation is 1. The molecule has 1 aliphatic heterocycles. The first kappa shape index (κ1) is 27.4. The number of halogens is 2. The van der Waals surface area contributed by atoms with E-state index in [-0.39, 0.29) is 29.5 Å². The van der Waals surface area contributed by atoms with Crippen LogP contribution in [0.5, 0.6) is 0 Å². The summed E-state index contributed by atoms with van der Waals surface area (Å²) in [6.45, 7) is 8.89. The predicted molar refractivity (Wildman–Crippen MR) is 162 cm³/mol. The number of carbonyl (C=O) groups is 2. The van der Waals surface area contributed by atoms with Gasteiger partial charge >= 0.3 is 6.09 Å². The Bertz CT molecular complexity index is 1770. The zero-order valence-electron chi connectivity index (χ0n) is 24.3. The molecule has 7 rings (SSSR count). The van der Waals surface area contributed by atoms with Gasteiger partial charge in [0.1, 0.15) is 17.0 Å². The molecule has 8 nitrogen and oxygen atoms in total. The molecule has 2 saturated carbocycles. The number of fused-ring (bicyclic) bond motifs is 4. The summed E-state index contributed by atoms with van der Waals surface area (Å²) in [5, 5.41) is 16.0. The van der Waals surface area contributed by atoms with Crippen LogP contribution in [0.4, 0.5) is 9.18 Å². The van der Waals surface area contributed by atoms with Gasteiger partial charge in [0.25, 0.3) is 5.91 Å². The second-order valence-electron chi connectivity index (χ2n) is 13.3. The molecule has 3 aromatic heterocycles. The molecular weight excluding hydrogens is 601 g/mol. The SMILES string of the molecule is Cc1c(-c2cc3ccc(Br)cc3n2CC2CC2)nn2cc(C(=O)N3CC4CCC3[C@@H]4N(C(=O)O)C(C)(C)C)cc(F)c12. The normalized spacial score (nSPS) is 22.0. The summed E-state index contributed by atoms with van der Waals surface area (Å²) in [6.07, 6.45) is 4.67. The zero-order chi connectivity index (χ0) is 29.7. The number of benzene rings is 1. The van der Waals surface area contributed by atoms with Crippen LogP contribution in [-0.4, -0.2) is 65.3 Å². The van der Waals surface area contributed by atoms with Crippen LogP contribution >= 0.6 is 15.9 Å².